The molecule has 2 aromatic rings. The molecular weight excluding hydrogens is 482 g/mol. The van der Waals surface area contributed by atoms with Gasteiger partial charge < -0.3 is 10.6 Å². The van der Waals surface area contributed by atoms with Crippen molar-refractivity contribution in [2.24, 2.45) is 0 Å². The van der Waals surface area contributed by atoms with Gasteiger partial charge in [0, 0.05) is 46.4 Å². The van der Waals surface area contributed by atoms with Crippen LogP contribution in [0.15, 0.2) is 22.9 Å². The number of hydrogen-bond acceptors (Lipinski definition) is 5. The Morgan fingerprint density at radius 1 is 1.29 bits per heavy atom. The van der Waals surface area contributed by atoms with Crippen molar-refractivity contribution >= 4 is 21.8 Å². The maximum absolute atomic E-state index is 13.7. The summed E-state index contributed by atoms with van der Waals surface area (Å²) < 4.78 is 52.7. The van der Waals surface area contributed by atoms with Crippen LogP contribution in [0.25, 0.3) is 11.1 Å². The highest BCUT2D eigenvalue weighted by atomic mass is 79.9. The lowest BCUT2D eigenvalue weighted by molar-refractivity contribution is -0.145. The molecule has 0 bridgehead atoms. The fourth-order valence-electron chi connectivity index (χ4n) is 3.55. The van der Waals surface area contributed by atoms with Crippen molar-refractivity contribution in [3.8, 4) is 11.1 Å². The second kappa shape index (κ2) is 8.42. The summed E-state index contributed by atoms with van der Waals surface area (Å²) in [7, 11) is 0. The van der Waals surface area contributed by atoms with Crippen LogP contribution in [0.2, 0.25) is 0 Å². The molecule has 0 radical (unpaired) electrons. The van der Waals surface area contributed by atoms with Gasteiger partial charge in [0.15, 0.2) is 0 Å². The van der Waals surface area contributed by atoms with E-state index in [-0.39, 0.29) is 30.8 Å². The first kappa shape index (κ1) is 22.1. The minimum Gasteiger partial charge on any atom is -0.349 e. The van der Waals surface area contributed by atoms with Crippen LogP contribution in [-0.4, -0.2) is 39.1 Å². The van der Waals surface area contributed by atoms with Crippen LogP contribution >= 0.6 is 15.9 Å². The van der Waals surface area contributed by atoms with E-state index in [1.165, 1.54) is 0 Å². The first-order chi connectivity index (χ1) is 14.6. The molecule has 2 aliphatic rings. The van der Waals surface area contributed by atoms with E-state index in [1.54, 1.807) is 13.0 Å². The molecule has 2 N–H and O–H groups in total. The summed E-state index contributed by atoms with van der Waals surface area (Å²) in [6, 6.07) is 0.700. The van der Waals surface area contributed by atoms with Crippen LogP contribution in [0.5, 0.6) is 0 Å². The van der Waals surface area contributed by atoms with Crippen molar-refractivity contribution in [3.05, 3.63) is 40.1 Å². The standard InChI is InChI=1S/C20H20BrF4N5O/c1-9-14(22)5-15(29-9)18(31)26-8-12-4-13(16(21)17(30-12)10-2-3-10)11-6-27-19(28-7-11)20(23,24)25/h4,6-7,9-10,14-15,29H,2-3,5,8H2,1H3,(H,26,31)/t9-,14+,15-/m0/s1. The molecule has 6 nitrogen and oxygen atoms in total. The molecule has 11 heteroatoms. The van der Waals surface area contributed by atoms with Crippen LogP contribution in [-0.2, 0) is 17.5 Å². The average Bonchev–Trinajstić information content (AvgIpc) is 3.51. The van der Waals surface area contributed by atoms with Gasteiger partial charge in [-0.25, -0.2) is 14.4 Å². The van der Waals surface area contributed by atoms with Crippen molar-refractivity contribution in [1.82, 2.24) is 25.6 Å². The first-order valence-corrected chi connectivity index (χ1v) is 10.7. The van der Waals surface area contributed by atoms with Crippen LogP contribution in [0.1, 0.15) is 49.3 Å². The Kier molecular flexibility index (Phi) is 5.99. The van der Waals surface area contributed by atoms with Crippen LogP contribution in [0, 0.1) is 0 Å². The molecular formula is C20H20BrF4N5O. The molecule has 0 unspecified atom stereocenters. The normalized spacial score (nSPS) is 23.7. The van der Waals surface area contributed by atoms with Gasteiger partial charge >= 0.3 is 6.18 Å². The van der Waals surface area contributed by atoms with E-state index in [9.17, 15) is 22.4 Å². The first-order valence-electron chi connectivity index (χ1n) is 9.90. The molecule has 4 rings (SSSR count). The summed E-state index contributed by atoms with van der Waals surface area (Å²) in [6.07, 6.45) is -1.40. The monoisotopic (exact) mass is 501 g/mol. The zero-order valence-electron chi connectivity index (χ0n) is 16.5. The van der Waals surface area contributed by atoms with E-state index in [1.807, 2.05) is 0 Å². The molecule has 1 aliphatic heterocycles. The van der Waals surface area contributed by atoms with E-state index in [4.69, 9.17) is 0 Å². The number of hydrogen-bond donors (Lipinski definition) is 2. The Balaban J connectivity index is 1.56. The third-order valence-corrected chi connectivity index (χ3v) is 6.28. The van der Waals surface area contributed by atoms with Gasteiger partial charge in [-0.3, -0.25) is 9.78 Å². The smallest absolute Gasteiger partial charge is 0.349 e. The molecule has 1 saturated heterocycles. The van der Waals surface area contributed by atoms with Gasteiger partial charge in [0.05, 0.1) is 24.0 Å². The summed E-state index contributed by atoms with van der Waals surface area (Å²) in [6.45, 7) is 1.80. The molecule has 1 aliphatic carbocycles. The largest absolute Gasteiger partial charge is 0.451 e. The number of carbonyl (C=O) groups excluding carboxylic acids is 1. The molecule has 0 spiro atoms. The Labute approximate surface area is 184 Å². The van der Waals surface area contributed by atoms with E-state index in [0.29, 0.717) is 21.3 Å². The molecule has 166 valence electrons. The van der Waals surface area contributed by atoms with Crippen LogP contribution < -0.4 is 10.6 Å². The maximum atomic E-state index is 13.7. The number of nitrogens with zero attached hydrogens (tertiary/aromatic N) is 3. The molecule has 2 aromatic heterocycles. The summed E-state index contributed by atoms with van der Waals surface area (Å²) in [5.74, 6) is -1.27. The van der Waals surface area contributed by atoms with Crippen molar-refractivity contribution in [2.75, 3.05) is 0 Å². The van der Waals surface area contributed by atoms with Gasteiger partial charge in [-0.15, -0.1) is 0 Å². The zero-order chi connectivity index (χ0) is 22.3. The van der Waals surface area contributed by atoms with E-state index in [0.717, 1.165) is 30.9 Å². The van der Waals surface area contributed by atoms with E-state index in [2.05, 4.69) is 41.5 Å². The molecule has 1 amide bonds. The number of rotatable bonds is 5. The highest BCUT2D eigenvalue weighted by molar-refractivity contribution is 9.10. The van der Waals surface area contributed by atoms with Crippen molar-refractivity contribution in [1.29, 1.82) is 0 Å². The minimum atomic E-state index is -4.62. The lowest BCUT2D eigenvalue weighted by Gasteiger charge is -2.15. The van der Waals surface area contributed by atoms with Gasteiger partial charge in [0.25, 0.3) is 0 Å². The number of nitrogens with one attached hydrogen (secondary N) is 2. The lowest BCUT2D eigenvalue weighted by atomic mass is 10.1. The van der Waals surface area contributed by atoms with Crippen molar-refractivity contribution in [3.63, 3.8) is 0 Å². The third kappa shape index (κ3) is 4.87. The number of amides is 1. The van der Waals surface area contributed by atoms with Crippen molar-refractivity contribution in [2.45, 2.75) is 63.1 Å². The second-order valence-corrected chi connectivity index (χ2v) is 8.70. The van der Waals surface area contributed by atoms with Gasteiger partial charge in [-0.1, -0.05) is 0 Å². The fraction of sp³-hybridized carbons (Fsp3) is 0.500. The van der Waals surface area contributed by atoms with Gasteiger partial charge in [0.2, 0.25) is 11.7 Å². The van der Waals surface area contributed by atoms with E-state index >= 15 is 0 Å². The number of pyridine rings is 1. The average molecular weight is 502 g/mol. The maximum Gasteiger partial charge on any atom is 0.451 e. The predicted octanol–water partition coefficient (Wildman–Crippen LogP) is 3.90. The molecule has 31 heavy (non-hydrogen) atoms. The Bertz CT molecular complexity index is 971. The number of alkyl halides is 4. The quantitative estimate of drug-likeness (QED) is 0.607. The lowest BCUT2D eigenvalue weighted by Crippen LogP contribution is -2.42. The fourth-order valence-corrected chi connectivity index (χ4v) is 4.30. The van der Waals surface area contributed by atoms with Gasteiger partial charge in [-0.2, -0.15) is 13.2 Å². The SMILES string of the molecule is C[C@@H]1N[C@H](C(=O)NCc2cc(-c3cnc(C(F)(F)F)nc3)c(Br)c(C3CC3)n2)C[C@H]1F. The predicted molar refractivity (Wildman–Crippen MR) is 108 cm³/mol. The number of aromatic nitrogens is 3. The summed E-state index contributed by atoms with van der Waals surface area (Å²) >= 11 is 3.52. The highest BCUT2D eigenvalue weighted by Crippen LogP contribution is 2.45. The van der Waals surface area contributed by atoms with Gasteiger partial charge in [-0.05, 0) is 41.8 Å². The van der Waals surface area contributed by atoms with Crippen LogP contribution in [0.3, 0.4) is 0 Å². The van der Waals surface area contributed by atoms with Crippen LogP contribution in [0.4, 0.5) is 17.6 Å². The molecule has 3 heterocycles. The summed E-state index contributed by atoms with van der Waals surface area (Å²) in [4.78, 5) is 23.9. The molecule has 0 aromatic carbocycles. The number of carbonyl (C=O) groups is 1. The minimum absolute atomic E-state index is 0.113. The Morgan fingerprint density at radius 3 is 2.52 bits per heavy atom. The van der Waals surface area contributed by atoms with Crippen molar-refractivity contribution < 1.29 is 22.4 Å². The number of halogens is 5. The summed E-state index contributed by atoms with van der Waals surface area (Å²) in [5.41, 5.74) is 2.35. The molecule has 2 fully saturated rings. The Hall–Kier alpha value is -2.14. The second-order valence-electron chi connectivity index (χ2n) is 7.91. The van der Waals surface area contributed by atoms with E-state index < -0.39 is 24.2 Å². The summed E-state index contributed by atoms with van der Waals surface area (Å²) in [5, 5.41) is 5.69. The van der Waals surface area contributed by atoms with Gasteiger partial charge in [0.1, 0.15) is 6.17 Å². The Morgan fingerprint density at radius 2 is 1.97 bits per heavy atom. The topological polar surface area (TPSA) is 79.8 Å². The molecule has 3 atom stereocenters. The third-order valence-electron chi connectivity index (χ3n) is 5.44. The molecule has 1 saturated carbocycles. The highest BCUT2D eigenvalue weighted by Gasteiger charge is 2.36. The zero-order valence-corrected chi connectivity index (χ0v) is 18.1.